The second-order valence-electron chi connectivity index (χ2n) is 6.80. The van der Waals surface area contributed by atoms with Crippen molar-refractivity contribution in [1.82, 2.24) is 14.3 Å². The van der Waals surface area contributed by atoms with E-state index in [1.54, 1.807) is 48.4 Å². The third-order valence-corrected chi connectivity index (χ3v) is 6.43. The average Bonchev–Trinajstić information content (AvgIpc) is 3.23. The molecule has 9 heteroatoms. The monoisotopic (exact) mass is 488 g/mol. The van der Waals surface area contributed by atoms with Crippen molar-refractivity contribution in [2.45, 2.75) is 10.6 Å². The maximum absolute atomic E-state index is 13.2. The lowest BCUT2D eigenvalue weighted by molar-refractivity contribution is 0.102. The Bertz CT molecular complexity index is 1250. The van der Waals surface area contributed by atoms with Crippen molar-refractivity contribution in [3.05, 3.63) is 70.3 Å². The van der Waals surface area contributed by atoms with Crippen LogP contribution in [0.5, 0.6) is 5.75 Å². The minimum atomic E-state index is -0.291. The van der Waals surface area contributed by atoms with Gasteiger partial charge in [-0.2, -0.15) is 5.10 Å². The predicted molar refractivity (Wildman–Crippen MR) is 119 cm³/mol. The van der Waals surface area contributed by atoms with Crippen LogP contribution in [0.4, 0.5) is 10.1 Å². The molecule has 2 heterocycles. The van der Waals surface area contributed by atoms with Crippen molar-refractivity contribution in [3.63, 3.8) is 0 Å². The van der Waals surface area contributed by atoms with Gasteiger partial charge in [0.1, 0.15) is 11.6 Å². The molecule has 0 spiro atoms. The number of nitrogens with one attached hydrogen (secondary N) is 1. The van der Waals surface area contributed by atoms with Crippen molar-refractivity contribution in [3.8, 4) is 5.75 Å². The standard InChI is InChI=1S/C21H18BrFN4O2S/c1-26-10-13(9-24-26)25-21(29)20-15-7-19(28)16(22)8-17(15)27(2)18(20)11-30-14-5-3-12(23)4-6-14/h3-10,28H,11H2,1-2H3,(H,25,29). The first-order valence-corrected chi connectivity index (χ1v) is 10.8. The number of anilines is 1. The van der Waals surface area contributed by atoms with E-state index in [1.165, 1.54) is 23.9 Å². The first-order chi connectivity index (χ1) is 14.3. The zero-order valence-electron chi connectivity index (χ0n) is 16.2. The van der Waals surface area contributed by atoms with Crippen LogP contribution in [0.15, 0.2) is 58.2 Å². The summed E-state index contributed by atoms with van der Waals surface area (Å²) >= 11 is 4.85. The van der Waals surface area contributed by atoms with Crippen LogP contribution in [-0.4, -0.2) is 25.4 Å². The molecule has 0 fully saturated rings. The molecule has 0 aliphatic heterocycles. The van der Waals surface area contributed by atoms with Gasteiger partial charge in [0.05, 0.1) is 27.4 Å². The number of aryl methyl sites for hydroxylation is 2. The van der Waals surface area contributed by atoms with E-state index in [0.29, 0.717) is 26.9 Å². The quantitative estimate of drug-likeness (QED) is 0.385. The van der Waals surface area contributed by atoms with Crippen molar-refractivity contribution in [1.29, 1.82) is 0 Å². The van der Waals surface area contributed by atoms with E-state index < -0.39 is 0 Å². The third kappa shape index (κ3) is 3.95. The molecule has 2 aromatic heterocycles. The lowest BCUT2D eigenvalue weighted by atomic mass is 10.1. The number of benzene rings is 2. The highest BCUT2D eigenvalue weighted by Crippen LogP contribution is 2.36. The van der Waals surface area contributed by atoms with Gasteiger partial charge >= 0.3 is 0 Å². The summed E-state index contributed by atoms with van der Waals surface area (Å²) in [7, 11) is 3.65. The van der Waals surface area contributed by atoms with Crippen LogP contribution in [0.3, 0.4) is 0 Å². The van der Waals surface area contributed by atoms with E-state index in [0.717, 1.165) is 16.1 Å². The largest absolute Gasteiger partial charge is 0.507 e. The van der Waals surface area contributed by atoms with E-state index in [9.17, 15) is 14.3 Å². The molecule has 6 nitrogen and oxygen atoms in total. The van der Waals surface area contributed by atoms with Gasteiger partial charge in [-0.15, -0.1) is 11.8 Å². The number of phenolic OH excluding ortho intramolecular Hbond substituents is 1. The summed E-state index contributed by atoms with van der Waals surface area (Å²) in [5.74, 6) is -0.0301. The lowest BCUT2D eigenvalue weighted by Gasteiger charge is -2.08. The number of rotatable bonds is 5. The van der Waals surface area contributed by atoms with E-state index in [1.807, 2.05) is 11.6 Å². The van der Waals surface area contributed by atoms with Crippen molar-refractivity contribution >= 4 is 50.2 Å². The fourth-order valence-corrected chi connectivity index (χ4v) is 4.58. The first kappa shape index (κ1) is 20.5. The molecule has 2 N–H and O–H groups in total. The Labute approximate surface area is 184 Å². The number of phenols is 1. The number of thioether (sulfide) groups is 1. The number of halogens is 2. The predicted octanol–water partition coefficient (Wildman–Crippen LogP) is 5.06. The number of carbonyl (C=O) groups excluding carboxylic acids is 1. The van der Waals surface area contributed by atoms with Crippen LogP contribution in [0.25, 0.3) is 10.9 Å². The van der Waals surface area contributed by atoms with Gasteiger partial charge < -0.3 is 15.0 Å². The Morgan fingerprint density at radius 1 is 1.27 bits per heavy atom. The summed E-state index contributed by atoms with van der Waals surface area (Å²) < 4.78 is 17.3. The Hall–Kier alpha value is -2.78. The highest BCUT2D eigenvalue weighted by atomic mass is 79.9. The van der Waals surface area contributed by atoms with E-state index in [-0.39, 0.29) is 17.5 Å². The topological polar surface area (TPSA) is 72.1 Å². The highest BCUT2D eigenvalue weighted by molar-refractivity contribution is 9.10. The number of hydrogen-bond acceptors (Lipinski definition) is 4. The maximum atomic E-state index is 13.2. The number of nitrogens with zero attached hydrogens (tertiary/aromatic N) is 3. The second-order valence-corrected chi connectivity index (χ2v) is 8.70. The molecule has 154 valence electrons. The number of amides is 1. The number of fused-ring (bicyclic) bond motifs is 1. The Morgan fingerprint density at radius 2 is 2.00 bits per heavy atom. The summed E-state index contributed by atoms with van der Waals surface area (Å²) in [6.45, 7) is 0. The number of carbonyl (C=O) groups is 1. The second kappa shape index (κ2) is 8.16. The molecule has 2 aromatic carbocycles. The van der Waals surface area contributed by atoms with Gasteiger partial charge in [-0.05, 0) is 52.3 Å². The van der Waals surface area contributed by atoms with Gasteiger partial charge in [-0.3, -0.25) is 9.48 Å². The van der Waals surface area contributed by atoms with Crippen LogP contribution in [0.1, 0.15) is 16.1 Å². The van der Waals surface area contributed by atoms with Gasteiger partial charge in [0, 0.05) is 42.0 Å². The smallest absolute Gasteiger partial charge is 0.258 e. The Balaban J connectivity index is 1.76. The highest BCUT2D eigenvalue weighted by Gasteiger charge is 2.23. The average molecular weight is 489 g/mol. The van der Waals surface area contributed by atoms with Crippen LogP contribution in [0.2, 0.25) is 0 Å². The molecular formula is C21H18BrFN4O2S. The Morgan fingerprint density at radius 3 is 2.67 bits per heavy atom. The Kier molecular flexibility index (Phi) is 5.57. The van der Waals surface area contributed by atoms with Crippen LogP contribution in [0, 0.1) is 5.82 Å². The van der Waals surface area contributed by atoms with Crippen LogP contribution in [-0.2, 0) is 19.8 Å². The number of aromatic hydroxyl groups is 1. The van der Waals surface area contributed by atoms with Crippen LogP contribution >= 0.6 is 27.7 Å². The van der Waals surface area contributed by atoms with Crippen molar-refractivity contribution < 1.29 is 14.3 Å². The molecule has 4 aromatic rings. The van der Waals surface area contributed by atoms with Gasteiger partial charge in [-0.25, -0.2) is 4.39 Å². The molecule has 0 radical (unpaired) electrons. The molecule has 0 atom stereocenters. The summed E-state index contributed by atoms with van der Waals surface area (Å²) in [6.07, 6.45) is 3.29. The van der Waals surface area contributed by atoms with Gasteiger partial charge in [0.15, 0.2) is 0 Å². The van der Waals surface area contributed by atoms with Crippen molar-refractivity contribution in [2.75, 3.05) is 5.32 Å². The molecule has 1 amide bonds. The molecule has 0 unspecified atom stereocenters. The number of hydrogen-bond donors (Lipinski definition) is 2. The normalized spacial score (nSPS) is 11.2. The van der Waals surface area contributed by atoms with Gasteiger partial charge in [0.2, 0.25) is 0 Å². The first-order valence-electron chi connectivity index (χ1n) is 9.01. The molecule has 0 aliphatic rings. The molecule has 0 aliphatic carbocycles. The molecule has 0 saturated carbocycles. The van der Waals surface area contributed by atoms with Crippen molar-refractivity contribution in [2.24, 2.45) is 14.1 Å². The van der Waals surface area contributed by atoms with E-state index in [4.69, 9.17) is 0 Å². The fourth-order valence-electron chi connectivity index (χ4n) is 3.28. The van der Waals surface area contributed by atoms with E-state index in [2.05, 4.69) is 26.3 Å². The zero-order valence-corrected chi connectivity index (χ0v) is 18.6. The minimum absolute atomic E-state index is 0.0567. The van der Waals surface area contributed by atoms with Gasteiger partial charge in [-0.1, -0.05) is 0 Å². The minimum Gasteiger partial charge on any atom is -0.507 e. The molecule has 0 bridgehead atoms. The fraction of sp³-hybridized carbons (Fsp3) is 0.143. The number of aromatic nitrogens is 3. The zero-order chi connectivity index (χ0) is 21.4. The SMILES string of the molecule is Cn1cc(NC(=O)c2c(CSc3ccc(F)cc3)n(C)c3cc(Br)c(O)cc23)cn1. The molecule has 0 saturated heterocycles. The van der Waals surface area contributed by atoms with E-state index >= 15 is 0 Å². The molecule has 30 heavy (non-hydrogen) atoms. The lowest BCUT2D eigenvalue weighted by Crippen LogP contribution is -2.14. The summed E-state index contributed by atoms with van der Waals surface area (Å²) in [5, 5.41) is 17.8. The molecule has 4 rings (SSSR count). The molecular weight excluding hydrogens is 471 g/mol. The maximum Gasteiger partial charge on any atom is 0.258 e. The van der Waals surface area contributed by atoms with Gasteiger partial charge in [0.25, 0.3) is 5.91 Å². The third-order valence-electron chi connectivity index (χ3n) is 4.77. The summed E-state index contributed by atoms with van der Waals surface area (Å²) in [6, 6.07) is 9.62. The summed E-state index contributed by atoms with van der Waals surface area (Å²) in [5.41, 5.74) is 2.66. The van der Waals surface area contributed by atoms with Crippen LogP contribution < -0.4 is 5.32 Å². The summed E-state index contributed by atoms with van der Waals surface area (Å²) in [4.78, 5) is 14.1.